The highest BCUT2D eigenvalue weighted by molar-refractivity contribution is 7.99. The number of hydrogen-bond acceptors (Lipinski definition) is 4. The number of thioether (sulfide) groups is 1. The van der Waals surface area contributed by atoms with Gasteiger partial charge in [0.25, 0.3) is 5.76 Å². The molecule has 0 heterocycles. The second kappa shape index (κ2) is 7.99. The van der Waals surface area contributed by atoms with E-state index < -0.39 is 16.7 Å². The number of hydrogen-bond donors (Lipinski definition) is 2. The molecule has 136 valence electrons. The quantitative estimate of drug-likeness (QED) is 0.735. The summed E-state index contributed by atoms with van der Waals surface area (Å²) >= 11 is 0.465. The third-order valence-corrected chi connectivity index (χ3v) is 5.29. The predicted octanol–water partition coefficient (Wildman–Crippen LogP) is 3.89. The molecule has 1 amide bonds. The van der Waals surface area contributed by atoms with Crippen LogP contribution in [0.25, 0.3) is 0 Å². The second-order valence-corrected chi connectivity index (χ2v) is 7.26. The number of nitrogens with two attached hydrogens (primary N) is 1. The first-order valence-electron chi connectivity index (χ1n) is 7.47. The van der Waals surface area contributed by atoms with Crippen LogP contribution in [-0.4, -0.2) is 29.9 Å². The number of carbonyl (C=O) groups excluding carboxylic acids is 1. The summed E-state index contributed by atoms with van der Waals surface area (Å²) in [6.45, 7) is 6.32. The van der Waals surface area contributed by atoms with Crippen LogP contribution in [0, 0.1) is 5.41 Å². The Morgan fingerprint density at radius 1 is 1.42 bits per heavy atom. The highest BCUT2D eigenvalue weighted by atomic mass is 35.5. The normalized spacial score (nSPS) is 24.9. The Balaban J connectivity index is 0.00000288. The molecule has 1 aliphatic carbocycles. The van der Waals surface area contributed by atoms with E-state index in [0.717, 1.165) is 0 Å². The maximum Gasteiger partial charge on any atom is 0.288 e. The molecule has 1 saturated carbocycles. The van der Waals surface area contributed by atoms with Crippen LogP contribution in [0.5, 0.6) is 0 Å². The zero-order valence-corrected chi connectivity index (χ0v) is 15.5. The van der Waals surface area contributed by atoms with Crippen molar-refractivity contribution in [2.24, 2.45) is 11.1 Å². The molecule has 0 aromatic heterocycles. The number of benzene rings is 1. The van der Waals surface area contributed by atoms with Gasteiger partial charge < -0.3 is 15.8 Å². The number of halogens is 3. The van der Waals surface area contributed by atoms with Gasteiger partial charge in [0.15, 0.2) is 0 Å². The third-order valence-electron chi connectivity index (χ3n) is 4.57. The minimum Gasteiger partial charge on any atom is -0.378 e. The Bertz CT molecular complexity index is 572. The number of nitrogens with one attached hydrogen (secondary N) is 1. The van der Waals surface area contributed by atoms with E-state index >= 15 is 0 Å². The molecule has 4 nitrogen and oxygen atoms in total. The number of rotatable bonds is 6. The van der Waals surface area contributed by atoms with Crippen LogP contribution in [0.1, 0.15) is 27.2 Å². The molecule has 2 rings (SSSR count). The molecule has 24 heavy (non-hydrogen) atoms. The molecule has 0 spiro atoms. The van der Waals surface area contributed by atoms with Crippen LogP contribution in [0.3, 0.4) is 0 Å². The van der Waals surface area contributed by atoms with Crippen molar-refractivity contribution in [3.63, 3.8) is 0 Å². The summed E-state index contributed by atoms with van der Waals surface area (Å²) in [5.41, 5.74) is 5.34. The molecule has 3 N–H and O–H groups in total. The fourth-order valence-electron chi connectivity index (χ4n) is 2.78. The van der Waals surface area contributed by atoms with E-state index in [-0.39, 0.29) is 24.4 Å². The zero-order chi connectivity index (χ0) is 17.3. The number of amides is 1. The standard InChI is InChI=1S/C16H22F2N2O2S.ClH/c1-4-22-12-9-16(19,15(12,2)3)13(21)20-10-5-7-11(8-6-10)23-14(17)18;/h5-8,12,14H,4,9,19H2,1-3H3,(H,20,21);1H. The number of anilines is 1. The molecule has 0 saturated heterocycles. The minimum atomic E-state index is -2.46. The summed E-state index contributed by atoms with van der Waals surface area (Å²) in [6, 6.07) is 6.28. The van der Waals surface area contributed by atoms with E-state index in [1.165, 1.54) is 0 Å². The van der Waals surface area contributed by atoms with E-state index in [4.69, 9.17) is 10.5 Å². The average Bonchev–Trinajstić information content (AvgIpc) is 2.48. The van der Waals surface area contributed by atoms with Crippen LogP contribution < -0.4 is 11.1 Å². The lowest BCUT2D eigenvalue weighted by molar-refractivity contribution is -0.166. The fraction of sp³-hybridized carbons (Fsp3) is 0.562. The summed E-state index contributed by atoms with van der Waals surface area (Å²) in [4.78, 5) is 13.0. The number of ether oxygens (including phenoxy) is 1. The summed E-state index contributed by atoms with van der Waals surface area (Å²) in [7, 11) is 0. The summed E-state index contributed by atoms with van der Waals surface area (Å²) in [5, 5.41) is 2.77. The van der Waals surface area contributed by atoms with Crippen molar-refractivity contribution in [1.29, 1.82) is 0 Å². The van der Waals surface area contributed by atoms with Gasteiger partial charge in [0, 0.05) is 29.0 Å². The van der Waals surface area contributed by atoms with Crippen LogP contribution in [0.15, 0.2) is 29.2 Å². The Morgan fingerprint density at radius 3 is 2.46 bits per heavy atom. The van der Waals surface area contributed by atoms with Crippen LogP contribution in [0.4, 0.5) is 14.5 Å². The summed E-state index contributed by atoms with van der Waals surface area (Å²) < 4.78 is 30.2. The van der Waals surface area contributed by atoms with Crippen molar-refractivity contribution in [3.8, 4) is 0 Å². The average molecular weight is 381 g/mol. The van der Waals surface area contributed by atoms with Gasteiger partial charge in [0.05, 0.1) is 6.10 Å². The third kappa shape index (κ3) is 4.02. The summed E-state index contributed by atoms with van der Waals surface area (Å²) in [6.07, 6.45) is 0.409. The summed E-state index contributed by atoms with van der Waals surface area (Å²) in [5.74, 6) is -2.75. The van der Waals surface area contributed by atoms with Gasteiger partial charge >= 0.3 is 0 Å². The molecule has 0 aliphatic heterocycles. The molecular weight excluding hydrogens is 358 g/mol. The Morgan fingerprint density at radius 2 is 2.00 bits per heavy atom. The van der Waals surface area contributed by atoms with Crippen molar-refractivity contribution in [2.75, 3.05) is 11.9 Å². The van der Waals surface area contributed by atoms with Gasteiger partial charge in [-0.1, -0.05) is 25.6 Å². The lowest BCUT2D eigenvalue weighted by atomic mass is 9.54. The molecule has 1 aromatic carbocycles. The monoisotopic (exact) mass is 380 g/mol. The van der Waals surface area contributed by atoms with Gasteiger partial charge in [-0.25, -0.2) is 0 Å². The van der Waals surface area contributed by atoms with Crippen molar-refractivity contribution < 1.29 is 18.3 Å². The molecule has 1 aromatic rings. The molecule has 2 unspecified atom stereocenters. The topological polar surface area (TPSA) is 64.3 Å². The first-order chi connectivity index (χ1) is 10.7. The first kappa shape index (κ1) is 21.2. The van der Waals surface area contributed by atoms with Crippen molar-refractivity contribution >= 4 is 35.8 Å². The van der Waals surface area contributed by atoms with Crippen molar-refractivity contribution in [3.05, 3.63) is 24.3 Å². The number of alkyl halides is 2. The first-order valence-corrected chi connectivity index (χ1v) is 8.35. The van der Waals surface area contributed by atoms with Gasteiger partial charge in [0.1, 0.15) is 5.54 Å². The molecule has 0 bridgehead atoms. The molecule has 0 radical (unpaired) electrons. The van der Waals surface area contributed by atoms with Crippen LogP contribution in [-0.2, 0) is 9.53 Å². The lowest BCUT2D eigenvalue weighted by Gasteiger charge is -2.57. The van der Waals surface area contributed by atoms with E-state index in [1.54, 1.807) is 24.3 Å². The second-order valence-electron chi connectivity index (χ2n) is 6.20. The van der Waals surface area contributed by atoms with E-state index in [1.807, 2.05) is 20.8 Å². The molecule has 8 heteroatoms. The molecule has 2 atom stereocenters. The van der Waals surface area contributed by atoms with E-state index in [9.17, 15) is 13.6 Å². The Kier molecular flexibility index (Phi) is 7.04. The highest BCUT2D eigenvalue weighted by Crippen LogP contribution is 2.50. The Hall–Kier alpha value is -0.890. The number of carbonyl (C=O) groups is 1. The van der Waals surface area contributed by atoms with Gasteiger partial charge in [-0.15, -0.1) is 12.4 Å². The minimum absolute atomic E-state index is 0. The lowest BCUT2D eigenvalue weighted by Crippen LogP contribution is -2.74. The molecular formula is C16H23ClF2N2O2S. The van der Waals surface area contributed by atoms with Gasteiger partial charge in [-0.3, -0.25) is 4.79 Å². The van der Waals surface area contributed by atoms with Crippen molar-refractivity contribution in [1.82, 2.24) is 0 Å². The smallest absolute Gasteiger partial charge is 0.288 e. The molecule has 1 fully saturated rings. The molecule has 1 aliphatic rings. The maximum atomic E-state index is 12.5. The van der Waals surface area contributed by atoms with E-state index in [2.05, 4.69) is 5.32 Å². The van der Waals surface area contributed by atoms with Crippen LogP contribution >= 0.6 is 24.2 Å². The SMILES string of the molecule is CCOC1CC(N)(C(=O)Nc2ccc(SC(F)F)cc2)C1(C)C.Cl. The van der Waals surface area contributed by atoms with Crippen molar-refractivity contribution in [2.45, 2.75) is 49.5 Å². The zero-order valence-electron chi connectivity index (χ0n) is 13.8. The van der Waals surface area contributed by atoms with E-state index in [0.29, 0.717) is 35.4 Å². The predicted molar refractivity (Wildman–Crippen MR) is 94.9 cm³/mol. The highest BCUT2D eigenvalue weighted by Gasteiger charge is 2.62. The van der Waals surface area contributed by atoms with Gasteiger partial charge in [-0.2, -0.15) is 8.78 Å². The van der Waals surface area contributed by atoms with Gasteiger partial charge in [-0.05, 0) is 31.2 Å². The Labute approximate surface area is 151 Å². The van der Waals surface area contributed by atoms with Gasteiger partial charge in [0.2, 0.25) is 5.91 Å². The van der Waals surface area contributed by atoms with Crippen LogP contribution in [0.2, 0.25) is 0 Å². The maximum absolute atomic E-state index is 12.5. The largest absolute Gasteiger partial charge is 0.378 e. The fourth-order valence-corrected chi connectivity index (χ4v) is 3.28.